The Labute approximate surface area is 111 Å². The summed E-state index contributed by atoms with van der Waals surface area (Å²) in [5, 5.41) is 5.20. The molecular formula is C10H11BrN4OS. The maximum atomic E-state index is 5.56. The molecule has 0 unspecified atom stereocenters. The van der Waals surface area contributed by atoms with E-state index in [0.29, 0.717) is 18.2 Å². The van der Waals surface area contributed by atoms with Gasteiger partial charge in [0.25, 0.3) is 0 Å². The summed E-state index contributed by atoms with van der Waals surface area (Å²) in [6.45, 7) is 0.678. The molecule has 17 heavy (non-hydrogen) atoms. The van der Waals surface area contributed by atoms with Gasteiger partial charge < -0.3 is 15.8 Å². The summed E-state index contributed by atoms with van der Waals surface area (Å²) in [4.78, 5) is 9.18. The number of methoxy groups -OCH3 is 1. The van der Waals surface area contributed by atoms with Crippen LogP contribution in [0.2, 0.25) is 0 Å². The number of nitrogens with one attached hydrogen (secondary N) is 1. The van der Waals surface area contributed by atoms with Gasteiger partial charge in [0.05, 0.1) is 13.7 Å². The molecule has 0 spiro atoms. The molecule has 0 saturated heterocycles. The van der Waals surface area contributed by atoms with Crippen LogP contribution in [0.4, 0.5) is 11.8 Å². The summed E-state index contributed by atoms with van der Waals surface area (Å²) in [5.74, 6) is 1.29. The number of hydrogen-bond acceptors (Lipinski definition) is 6. The highest BCUT2D eigenvalue weighted by molar-refractivity contribution is 9.10. The van der Waals surface area contributed by atoms with Crippen molar-refractivity contribution in [1.29, 1.82) is 0 Å². The number of anilines is 2. The molecule has 0 aliphatic rings. The molecule has 2 aromatic heterocycles. The molecule has 90 valence electrons. The van der Waals surface area contributed by atoms with Gasteiger partial charge >= 0.3 is 0 Å². The molecule has 0 aliphatic heterocycles. The second kappa shape index (κ2) is 5.33. The van der Waals surface area contributed by atoms with Gasteiger partial charge in [-0.1, -0.05) is 0 Å². The smallest absolute Gasteiger partial charge is 0.225 e. The van der Waals surface area contributed by atoms with Crippen molar-refractivity contribution in [2.75, 3.05) is 18.2 Å². The Bertz CT molecular complexity index is 517. The van der Waals surface area contributed by atoms with Crippen molar-refractivity contribution in [3.8, 4) is 5.88 Å². The fraction of sp³-hybridized carbons (Fsp3) is 0.200. The van der Waals surface area contributed by atoms with E-state index in [1.807, 2.05) is 11.4 Å². The molecule has 0 aromatic carbocycles. The van der Waals surface area contributed by atoms with Crippen LogP contribution < -0.4 is 15.8 Å². The van der Waals surface area contributed by atoms with E-state index >= 15 is 0 Å². The lowest BCUT2D eigenvalue weighted by Crippen LogP contribution is -2.04. The average molecular weight is 315 g/mol. The molecule has 2 rings (SSSR count). The molecule has 0 amide bonds. The Kier molecular flexibility index (Phi) is 3.80. The highest BCUT2D eigenvalue weighted by Crippen LogP contribution is 2.24. The highest BCUT2D eigenvalue weighted by Gasteiger charge is 2.04. The third-order valence-corrected chi connectivity index (χ3v) is 3.98. The van der Waals surface area contributed by atoms with Gasteiger partial charge in [0, 0.05) is 15.4 Å². The average Bonchev–Trinajstić information content (AvgIpc) is 2.71. The first kappa shape index (κ1) is 12.1. The van der Waals surface area contributed by atoms with Crippen LogP contribution in [-0.4, -0.2) is 17.1 Å². The van der Waals surface area contributed by atoms with Crippen LogP contribution >= 0.6 is 27.3 Å². The van der Waals surface area contributed by atoms with Crippen molar-refractivity contribution in [2.45, 2.75) is 6.54 Å². The Morgan fingerprint density at radius 1 is 1.53 bits per heavy atom. The number of thiophene rings is 1. The topological polar surface area (TPSA) is 73.1 Å². The minimum absolute atomic E-state index is 0.192. The van der Waals surface area contributed by atoms with Crippen molar-refractivity contribution in [2.24, 2.45) is 0 Å². The SMILES string of the molecule is COc1cc(NCc2sccc2Br)nc(N)n1. The van der Waals surface area contributed by atoms with E-state index in [2.05, 4.69) is 31.2 Å². The van der Waals surface area contributed by atoms with E-state index in [1.54, 1.807) is 24.5 Å². The molecule has 3 N–H and O–H groups in total. The van der Waals surface area contributed by atoms with Gasteiger partial charge in [-0.2, -0.15) is 9.97 Å². The predicted octanol–water partition coefficient (Wildman–Crippen LogP) is 2.50. The zero-order valence-electron chi connectivity index (χ0n) is 9.11. The highest BCUT2D eigenvalue weighted by atomic mass is 79.9. The molecule has 2 heterocycles. The van der Waals surface area contributed by atoms with Crippen LogP contribution in [0.1, 0.15) is 4.88 Å². The first-order valence-electron chi connectivity index (χ1n) is 4.83. The third-order valence-electron chi connectivity index (χ3n) is 2.05. The van der Waals surface area contributed by atoms with Crippen LogP contribution in [0.15, 0.2) is 22.0 Å². The van der Waals surface area contributed by atoms with E-state index in [9.17, 15) is 0 Å². The number of ether oxygens (including phenoxy) is 1. The molecular weight excluding hydrogens is 304 g/mol. The minimum atomic E-state index is 0.192. The number of rotatable bonds is 4. The third kappa shape index (κ3) is 3.07. The van der Waals surface area contributed by atoms with Gasteiger partial charge in [-0.25, -0.2) is 0 Å². The number of nitrogen functional groups attached to an aromatic ring is 1. The molecule has 0 radical (unpaired) electrons. The first-order valence-corrected chi connectivity index (χ1v) is 6.50. The van der Waals surface area contributed by atoms with Crippen molar-refractivity contribution < 1.29 is 4.74 Å². The maximum absolute atomic E-state index is 5.56. The van der Waals surface area contributed by atoms with E-state index in [0.717, 1.165) is 4.47 Å². The number of nitrogens with two attached hydrogens (primary N) is 1. The predicted molar refractivity (Wildman–Crippen MR) is 72.3 cm³/mol. The number of halogens is 1. The summed E-state index contributed by atoms with van der Waals surface area (Å²) < 4.78 is 6.11. The van der Waals surface area contributed by atoms with E-state index in [1.165, 1.54) is 4.88 Å². The standard InChI is InChI=1S/C10H11BrN4OS/c1-16-9-4-8(14-10(12)15-9)13-5-7-6(11)2-3-17-7/h2-4H,5H2,1H3,(H3,12,13,14,15). The second-order valence-corrected chi connectivity index (χ2v) is 5.05. The summed E-state index contributed by atoms with van der Waals surface area (Å²) in [7, 11) is 1.54. The largest absolute Gasteiger partial charge is 0.481 e. The molecule has 0 fully saturated rings. The van der Waals surface area contributed by atoms with Gasteiger partial charge in [0.15, 0.2) is 0 Å². The van der Waals surface area contributed by atoms with Crippen LogP contribution in [-0.2, 0) is 6.54 Å². The van der Waals surface area contributed by atoms with Gasteiger partial charge in [-0.3, -0.25) is 0 Å². The number of aromatic nitrogens is 2. The minimum Gasteiger partial charge on any atom is -0.481 e. The number of hydrogen-bond donors (Lipinski definition) is 2. The molecule has 5 nitrogen and oxygen atoms in total. The zero-order valence-corrected chi connectivity index (χ0v) is 11.5. The van der Waals surface area contributed by atoms with Crippen molar-refractivity contribution >= 4 is 39.0 Å². The second-order valence-electron chi connectivity index (χ2n) is 3.20. The van der Waals surface area contributed by atoms with Gasteiger partial charge in [0.1, 0.15) is 5.82 Å². The molecule has 2 aromatic rings. The van der Waals surface area contributed by atoms with E-state index in [-0.39, 0.29) is 5.95 Å². The summed E-state index contributed by atoms with van der Waals surface area (Å²) in [5.41, 5.74) is 5.56. The van der Waals surface area contributed by atoms with Crippen LogP contribution in [0, 0.1) is 0 Å². The Morgan fingerprint density at radius 3 is 3.00 bits per heavy atom. The van der Waals surface area contributed by atoms with Crippen molar-refractivity contribution in [3.63, 3.8) is 0 Å². The Hall–Kier alpha value is -1.34. The number of nitrogens with zero attached hydrogens (tertiary/aromatic N) is 2. The zero-order chi connectivity index (χ0) is 12.3. The lowest BCUT2D eigenvalue weighted by atomic mass is 10.4. The van der Waals surface area contributed by atoms with Gasteiger partial charge in [-0.15, -0.1) is 11.3 Å². The van der Waals surface area contributed by atoms with Gasteiger partial charge in [0.2, 0.25) is 11.8 Å². The van der Waals surface area contributed by atoms with Crippen LogP contribution in [0.25, 0.3) is 0 Å². The monoisotopic (exact) mass is 314 g/mol. The first-order chi connectivity index (χ1) is 8.19. The molecule has 0 bridgehead atoms. The van der Waals surface area contributed by atoms with Gasteiger partial charge in [-0.05, 0) is 27.4 Å². The fourth-order valence-corrected chi connectivity index (χ4v) is 2.69. The Morgan fingerprint density at radius 2 is 2.35 bits per heavy atom. The summed E-state index contributed by atoms with van der Waals surface area (Å²) in [6, 6.07) is 3.72. The quantitative estimate of drug-likeness (QED) is 0.907. The molecule has 0 aliphatic carbocycles. The summed E-state index contributed by atoms with van der Waals surface area (Å²) >= 11 is 5.14. The maximum Gasteiger partial charge on any atom is 0.225 e. The lowest BCUT2D eigenvalue weighted by Gasteiger charge is -2.07. The van der Waals surface area contributed by atoms with Crippen LogP contribution in [0.3, 0.4) is 0 Å². The Balaban J connectivity index is 2.09. The normalized spacial score (nSPS) is 10.2. The molecule has 0 atom stereocenters. The van der Waals surface area contributed by atoms with Crippen molar-refractivity contribution in [3.05, 3.63) is 26.9 Å². The summed E-state index contributed by atoms with van der Waals surface area (Å²) in [6.07, 6.45) is 0. The van der Waals surface area contributed by atoms with Crippen molar-refractivity contribution in [1.82, 2.24) is 9.97 Å². The van der Waals surface area contributed by atoms with E-state index < -0.39 is 0 Å². The fourth-order valence-electron chi connectivity index (χ4n) is 1.26. The lowest BCUT2D eigenvalue weighted by molar-refractivity contribution is 0.398. The molecule has 7 heteroatoms. The molecule has 0 saturated carbocycles. The van der Waals surface area contributed by atoms with Crippen LogP contribution in [0.5, 0.6) is 5.88 Å². The van der Waals surface area contributed by atoms with E-state index in [4.69, 9.17) is 10.5 Å².